The molecule has 0 amide bonds. The maximum absolute atomic E-state index is 6.02. The Labute approximate surface area is 110 Å². The summed E-state index contributed by atoms with van der Waals surface area (Å²) in [4.78, 5) is 3.48. The van der Waals surface area contributed by atoms with E-state index in [2.05, 4.69) is 42.8 Å². The standard InChI is InChI=1S/C12H30N2OSi2/c1-6-15-16(13-2)14(17(3,4)5)12-10-8-7-9-11-12/h12-13,16H,6-11H2,1-5H3. The van der Waals surface area contributed by atoms with E-state index >= 15 is 0 Å². The van der Waals surface area contributed by atoms with Gasteiger partial charge in [0, 0.05) is 6.61 Å². The van der Waals surface area contributed by atoms with E-state index in [1.54, 1.807) is 0 Å². The van der Waals surface area contributed by atoms with Gasteiger partial charge < -0.3 is 13.6 Å². The molecule has 3 nitrogen and oxygen atoms in total. The molecule has 17 heavy (non-hydrogen) atoms. The molecular formula is C12H30N2OSi2. The Hall–Kier alpha value is 0.314. The SMILES string of the molecule is CCO[SiH](NC)N(C1CCCCC1)[Si](C)(C)C. The molecule has 1 fully saturated rings. The van der Waals surface area contributed by atoms with Crippen LogP contribution < -0.4 is 4.98 Å². The van der Waals surface area contributed by atoms with Gasteiger partial charge in [-0.05, 0) is 32.9 Å². The average Bonchev–Trinajstić information content (AvgIpc) is 2.28. The van der Waals surface area contributed by atoms with Crippen molar-refractivity contribution in [1.29, 1.82) is 0 Å². The summed E-state index contributed by atoms with van der Waals surface area (Å²) in [5, 5.41) is 0. The van der Waals surface area contributed by atoms with Gasteiger partial charge in [-0.25, -0.2) is 0 Å². The lowest BCUT2D eigenvalue weighted by atomic mass is 9.96. The summed E-state index contributed by atoms with van der Waals surface area (Å²) < 4.78 is 8.82. The van der Waals surface area contributed by atoms with E-state index in [1.165, 1.54) is 32.1 Å². The van der Waals surface area contributed by atoms with Crippen molar-refractivity contribution in [1.82, 2.24) is 9.21 Å². The van der Waals surface area contributed by atoms with Crippen LogP contribution in [0, 0.1) is 0 Å². The first-order chi connectivity index (χ1) is 8.00. The normalized spacial score (nSPS) is 20.8. The van der Waals surface area contributed by atoms with Gasteiger partial charge in [-0.1, -0.05) is 38.9 Å². The zero-order chi connectivity index (χ0) is 12.9. The lowest BCUT2D eigenvalue weighted by Crippen LogP contribution is -2.65. The summed E-state index contributed by atoms with van der Waals surface area (Å²) in [6.07, 6.45) is 6.99. The third kappa shape index (κ3) is 4.48. The summed E-state index contributed by atoms with van der Waals surface area (Å²) in [6.45, 7) is 10.3. The molecular weight excluding hydrogens is 244 g/mol. The second-order valence-corrected chi connectivity index (χ2v) is 13.5. The Bertz CT molecular complexity index is 210. The molecule has 0 radical (unpaired) electrons. The summed E-state index contributed by atoms with van der Waals surface area (Å²) in [6, 6.07) is 0.783. The summed E-state index contributed by atoms with van der Waals surface area (Å²) in [5.41, 5.74) is 0. The molecule has 0 bridgehead atoms. The largest absolute Gasteiger partial charge is 0.394 e. The quantitative estimate of drug-likeness (QED) is 0.753. The van der Waals surface area contributed by atoms with Crippen molar-refractivity contribution in [2.24, 2.45) is 0 Å². The predicted molar refractivity (Wildman–Crippen MR) is 79.9 cm³/mol. The third-order valence-electron chi connectivity index (χ3n) is 3.57. The Morgan fingerprint density at radius 3 is 2.24 bits per heavy atom. The third-order valence-corrected chi connectivity index (χ3v) is 10.6. The fourth-order valence-corrected chi connectivity index (χ4v) is 9.29. The van der Waals surface area contributed by atoms with Crippen LogP contribution in [0.25, 0.3) is 0 Å². The monoisotopic (exact) mass is 274 g/mol. The second kappa shape index (κ2) is 7.04. The molecule has 5 heteroatoms. The number of hydrogen-bond donors (Lipinski definition) is 1. The van der Waals surface area contributed by atoms with Gasteiger partial charge in [0.2, 0.25) is 0 Å². The first-order valence-corrected chi connectivity index (χ1v) is 12.1. The van der Waals surface area contributed by atoms with Gasteiger partial charge in [-0.2, -0.15) is 0 Å². The fourth-order valence-electron chi connectivity index (χ4n) is 2.91. The summed E-state index contributed by atoms with van der Waals surface area (Å²) in [7, 11) is -0.597. The maximum atomic E-state index is 6.02. The van der Waals surface area contributed by atoms with E-state index in [4.69, 9.17) is 4.43 Å². The zero-order valence-corrected chi connectivity index (χ0v) is 14.4. The molecule has 0 aromatic carbocycles. The van der Waals surface area contributed by atoms with Crippen molar-refractivity contribution in [2.75, 3.05) is 13.7 Å². The van der Waals surface area contributed by atoms with Gasteiger partial charge in [0.1, 0.15) is 8.24 Å². The molecule has 1 unspecified atom stereocenters. The zero-order valence-electron chi connectivity index (χ0n) is 12.3. The molecule has 0 aromatic heterocycles. The Kier molecular flexibility index (Phi) is 6.36. The van der Waals surface area contributed by atoms with Crippen LogP contribution in [0.2, 0.25) is 19.6 Å². The molecule has 0 saturated heterocycles. The van der Waals surface area contributed by atoms with Crippen LogP contribution in [0.3, 0.4) is 0 Å². The van der Waals surface area contributed by atoms with Crippen molar-refractivity contribution >= 4 is 17.6 Å². The maximum Gasteiger partial charge on any atom is 0.331 e. The highest BCUT2D eigenvalue weighted by Crippen LogP contribution is 2.27. The van der Waals surface area contributed by atoms with E-state index in [9.17, 15) is 0 Å². The van der Waals surface area contributed by atoms with E-state index < -0.39 is 17.6 Å². The van der Waals surface area contributed by atoms with Crippen molar-refractivity contribution < 1.29 is 4.43 Å². The van der Waals surface area contributed by atoms with Crippen molar-refractivity contribution in [3.63, 3.8) is 0 Å². The number of rotatable bonds is 6. The van der Waals surface area contributed by atoms with Crippen LogP contribution in [0.4, 0.5) is 0 Å². The van der Waals surface area contributed by atoms with E-state index in [0.717, 1.165) is 12.6 Å². The van der Waals surface area contributed by atoms with Crippen LogP contribution in [0.5, 0.6) is 0 Å². The van der Waals surface area contributed by atoms with Gasteiger partial charge in [0.05, 0.1) is 0 Å². The molecule has 0 spiro atoms. The molecule has 1 rings (SSSR count). The average molecular weight is 275 g/mol. The van der Waals surface area contributed by atoms with Crippen molar-refractivity contribution in [3.05, 3.63) is 0 Å². The molecule has 1 aliphatic rings. The Balaban J connectivity index is 2.77. The molecule has 1 aliphatic carbocycles. The summed E-state index contributed by atoms with van der Waals surface area (Å²) in [5.74, 6) is 0. The highest BCUT2D eigenvalue weighted by atomic mass is 28.4. The molecule has 1 atom stereocenters. The summed E-state index contributed by atoms with van der Waals surface area (Å²) >= 11 is 0. The number of nitrogens with zero attached hydrogens (tertiary/aromatic N) is 1. The van der Waals surface area contributed by atoms with Crippen molar-refractivity contribution in [3.8, 4) is 0 Å². The molecule has 102 valence electrons. The Morgan fingerprint density at radius 2 is 1.82 bits per heavy atom. The van der Waals surface area contributed by atoms with E-state index in [0.29, 0.717) is 0 Å². The minimum Gasteiger partial charge on any atom is -0.394 e. The minimum atomic E-state index is -1.38. The van der Waals surface area contributed by atoms with Crippen LogP contribution >= 0.6 is 0 Å². The fraction of sp³-hybridized carbons (Fsp3) is 1.00. The topological polar surface area (TPSA) is 24.5 Å². The van der Waals surface area contributed by atoms with Crippen LogP contribution in [-0.4, -0.2) is 41.5 Å². The molecule has 1 saturated carbocycles. The molecule has 0 aromatic rings. The van der Waals surface area contributed by atoms with E-state index in [1.807, 2.05) is 0 Å². The highest BCUT2D eigenvalue weighted by Gasteiger charge is 2.37. The first-order valence-electron chi connectivity index (χ1n) is 7.08. The van der Waals surface area contributed by atoms with Crippen molar-refractivity contribution in [2.45, 2.75) is 64.7 Å². The number of hydrogen-bond acceptors (Lipinski definition) is 3. The minimum absolute atomic E-state index is 0.783. The van der Waals surface area contributed by atoms with Crippen LogP contribution in [0.1, 0.15) is 39.0 Å². The second-order valence-electron chi connectivity index (χ2n) is 5.97. The molecule has 0 aliphatic heterocycles. The van der Waals surface area contributed by atoms with Gasteiger partial charge >= 0.3 is 9.36 Å². The lowest BCUT2D eigenvalue weighted by molar-refractivity contribution is 0.250. The number of nitrogens with one attached hydrogen (secondary N) is 1. The first kappa shape index (κ1) is 15.4. The molecule has 1 N–H and O–H groups in total. The van der Waals surface area contributed by atoms with E-state index in [-0.39, 0.29) is 0 Å². The van der Waals surface area contributed by atoms with Gasteiger partial charge in [0.25, 0.3) is 0 Å². The van der Waals surface area contributed by atoms with Gasteiger partial charge in [-0.15, -0.1) is 0 Å². The Morgan fingerprint density at radius 1 is 1.24 bits per heavy atom. The van der Waals surface area contributed by atoms with Crippen LogP contribution in [-0.2, 0) is 4.43 Å². The highest BCUT2D eigenvalue weighted by molar-refractivity contribution is 6.81. The predicted octanol–water partition coefficient (Wildman–Crippen LogP) is 2.43. The lowest BCUT2D eigenvalue weighted by Gasteiger charge is -2.45. The smallest absolute Gasteiger partial charge is 0.331 e. The molecule has 0 heterocycles. The van der Waals surface area contributed by atoms with Crippen LogP contribution in [0.15, 0.2) is 0 Å². The van der Waals surface area contributed by atoms with Gasteiger partial charge in [-0.3, -0.25) is 0 Å². The van der Waals surface area contributed by atoms with Gasteiger partial charge in [0.15, 0.2) is 0 Å².